The number of halogens is 1. The molecule has 2 amide bonds. The third kappa shape index (κ3) is 6.49. The maximum absolute atomic E-state index is 12.6. The van der Waals surface area contributed by atoms with E-state index in [9.17, 15) is 9.59 Å². The first-order valence-electron chi connectivity index (χ1n) is 8.26. The SMILES string of the molecule is CCCN(CCC)C(=O)c1cccc(C(=O)NC(C)(C)CN)c1.Cl. The van der Waals surface area contributed by atoms with Crippen LogP contribution in [0.4, 0.5) is 0 Å². The first-order valence-corrected chi connectivity index (χ1v) is 8.26. The quantitative estimate of drug-likeness (QED) is 0.752. The normalized spacial score (nSPS) is 10.7. The number of carbonyl (C=O) groups is 2. The molecule has 0 atom stereocenters. The van der Waals surface area contributed by atoms with Crippen molar-refractivity contribution in [3.8, 4) is 0 Å². The minimum absolute atomic E-state index is 0. The lowest BCUT2D eigenvalue weighted by molar-refractivity contribution is 0.0755. The van der Waals surface area contributed by atoms with Crippen LogP contribution in [0.2, 0.25) is 0 Å². The van der Waals surface area contributed by atoms with Gasteiger partial charge in [0.2, 0.25) is 0 Å². The summed E-state index contributed by atoms with van der Waals surface area (Å²) in [6, 6.07) is 6.87. The van der Waals surface area contributed by atoms with Gasteiger partial charge in [0.05, 0.1) is 0 Å². The Morgan fingerprint density at radius 2 is 1.67 bits per heavy atom. The number of hydrogen-bond acceptors (Lipinski definition) is 3. The third-order valence-corrected chi connectivity index (χ3v) is 3.61. The largest absolute Gasteiger partial charge is 0.346 e. The Morgan fingerprint density at radius 1 is 1.12 bits per heavy atom. The molecule has 6 heteroatoms. The summed E-state index contributed by atoms with van der Waals surface area (Å²) >= 11 is 0. The van der Waals surface area contributed by atoms with Crippen molar-refractivity contribution in [2.24, 2.45) is 5.73 Å². The van der Waals surface area contributed by atoms with E-state index in [0.29, 0.717) is 17.7 Å². The van der Waals surface area contributed by atoms with Gasteiger partial charge in [-0.15, -0.1) is 12.4 Å². The van der Waals surface area contributed by atoms with Crippen LogP contribution in [0.5, 0.6) is 0 Å². The van der Waals surface area contributed by atoms with Gasteiger partial charge in [0.25, 0.3) is 11.8 Å². The Bertz CT molecular complexity index is 541. The summed E-state index contributed by atoms with van der Waals surface area (Å²) in [6.45, 7) is 9.63. The van der Waals surface area contributed by atoms with Crippen molar-refractivity contribution in [1.29, 1.82) is 0 Å². The van der Waals surface area contributed by atoms with Crippen molar-refractivity contribution in [2.75, 3.05) is 19.6 Å². The van der Waals surface area contributed by atoms with Crippen molar-refractivity contribution >= 4 is 24.2 Å². The molecule has 0 aliphatic carbocycles. The topological polar surface area (TPSA) is 75.4 Å². The molecule has 0 saturated carbocycles. The summed E-state index contributed by atoms with van der Waals surface area (Å²) in [5.41, 5.74) is 6.19. The standard InChI is InChI=1S/C18H29N3O2.ClH/c1-5-10-21(11-6-2)17(23)15-9-7-8-14(12-15)16(22)20-18(3,4)13-19;/h7-9,12H,5-6,10-11,13,19H2,1-4H3,(H,20,22);1H. The second-order valence-electron chi connectivity index (χ2n) is 6.42. The monoisotopic (exact) mass is 355 g/mol. The van der Waals surface area contributed by atoms with Gasteiger partial charge in [-0.1, -0.05) is 19.9 Å². The molecule has 0 unspecified atom stereocenters. The van der Waals surface area contributed by atoms with E-state index in [0.717, 1.165) is 25.9 Å². The van der Waals surface area contributed by atoms with E-state index in [1.54, 1.807) is 24.3 Å². The van der Waals surface area contributed by atoms with E-state index in [2.05, 4.69) is 19.2 Å². The summed E-state index contributed by atoms with van der Waals surface area (Å²) in [5.74, 6) is -0.242. The average molecular weight is 356 g/mol. The zero-order valence-electron chi connectivity index (χ0n) is 15.1. The second kappa shape index (κ2) is 10.3. The van der Waals surface area contributed by atoms with Gasteiger partial charge in [0.1, 0.15) is 0 Å². The van der Waals surface area contributed by atoms with Crippen LogP contribution in [-0.2, 0) is 0 Å². The van der Waals surface area contributed by atoms with Crippen LogP contribution in [0.1, 0.15) is 61.3 Å². The molecule has 0 radical (unpaired) electrons. The lowest BCUT2D eigenvalue weighted by Gasteiger charge is -2.24. The van der Waals surface area contributed by atoms with Gasteiger partial charge >= 0.3 is 0 Å². The smallest absolute Gasteiger partial charge is 0.253 e. The lowest BCUT2D eigenvalue weighted by Crippen LogP contribution is -2.48. The Labute approximate surface area is 151 Å². The molecule has 0 bridgehead atoms. The van der Waals surface area contributed by atoms with Gasteiger partial charge < -0.3 is 16.0 Å². The minimum Gasteiger partial charge on any atom is -0.346 e. The number of nitrogens with zero attached hydrogens (tertiary/aromatic N) is 1. The molecule has 136 valence electrons. The predicted molar refractivity (Wildman–Crippen MR) is 101 cm³/mol. The molecule has 0 aliphatic rings. The summed E-state index contributed by atoms with van der Waals surface area (Å²) in [4.78, 5) is 26.8. The first-order chi connectivity index (χ1) is 10.8. The van der Waals surface area contributed by atoms with Crippen LogP contribution in [0.3, 0.4) is 0 Å². The Balaban J connectivity index is 0.00000529. The van der Waals surface area contributed by atoms with Crippen molar-refractivity contribution in [1.82, 2.24) is 10.2 Å². The van der Waals surface area contributed by atoms with Crippen LogP contribution in [0.25, 0.3) is 0 Å². The number of nitrogens with one attached hydrogen (secondary N) is 1. The highest BCUT2D eigenvalue weighted by molar-refractivity contribution is 5.99. The van der Waals surface area contributed by atoms with Crippen LogP contribution in [0, 0.1) is 0 Å². The van der Waals surface area contributed by atoms with Gasteiger partial charge in [0.15, 0.2) is 0 Å². The summed E-state index contributed by atoms with van der Waals surface area (Å²) in [5, 5.41) is 2.88. The van der Waals surface area contributed by atoms with Crippen molar-refractivity contribution < 1.29 is 9.59 Å². The van der Waals surface area contributed by atoms with Crippen molar-refractivity contribution in [3.63, 3.8) is 0 Å². The van der Waals surface area contributed by atoms with E-state index in [4.69, 9.17) is 5.73 Å². The molecule has 1 rings (SSSR count). The lowest BCUT2D eigenvalue weighted by atomic mass is 10.0. The Morgan fingerprint density at radius 3 is 2.17 bits per heavy atom. The Hall–Kier alpha value is -1.59. The maximum Gasteiger partial charge on any atom is 0.253 e. The highest BCUT2D eigenvalue weighted by atomic mass is 35.5. The highest BCUT2D eigenvalue weighted by Crippen LogP contribution is 2.11. The molecule has 0 spiro atoms. The second-order valence-corrected chi connectivity index (χ2v) is 6.42. The van der Waals surface area contributed by atoms with Crippen molar-refractivity contribution in [2.45, 2.75) is 46.1 Å². The van der Waals surface area contributed by atoms with E-state index in [-0.39, 0.29) is 24.2 Å². The summed E-state index contributed by atoms with van der Waals surface area (Å²) in [7, 11) is 0. The molecule has 1 aromatic carbocycles. The van der Waals surface area contributed by atoms with Gasteiger partial charge in [-0.2, -0.15) is 0 Å². The fraction of sp³-hybridized carbons (Fsp3) is 0.556. The number of hydrogen-bond donors (Lipinski definition) is 2. The number of rotatable bonds is 8. The van der Waals surface area contributed by atoms with E-state index >= 15 is 0 Å². The van der Waals surface area contributed by atoms with Crippen molar-refractivity contribution in [3.05, 3.63) is 35.4 Å². The molecule has 0 aromatic heterocycles. The zero-order chi connectivity index (χ0) is 17.5. The van der Waals surface area contributed by atoms with Gasteiger partial charge in [-0.25, -0.2) is 0 Å². The predicted octanol–water partition coefficient (Wildman–Crippen LogP) is 2.84. The summed E-state index contributed by atoms with van der Waals surface area (Å²) in [6.07, 6.45) is 1.83. The first kappa shape index (κ1) is 22.4. The van der Waals surface area contributed by atoms with Crippen LogP contribution < -0.4 is 11.1 Å². The van der Waals surface area contributed by atoms with Gasteiger partial charge in [-0.05, 0) is 44.9 Å². The molecule has 0 fully saturated rings. The van der Waals surface area contributed by atoms with Crippen LogP contribution >= 0.6 is 12.4 Å². The average Bonchev–Trinajstić information content (AvgIpc) is 2.53. The number of carbonyl (C=O) groups excluding carboxylic acids is 2. The number of amides is 2. The molecule has 0 heterocycles. The van der Waals surface area contributed by atoms with Gasteiger partial charge in [-0.3, -0.25) is 9.59 Å². The molecule has 5 nitrogen and oxygen atoms in total. The van der Waals surface area contributed by atoms with Crippen LogP contribution in [0.15, 0.2) is 24.3 Å². The van der Waals surface area contributed by atoms with E-state index in [1.165, 1.54) is 0 Å². The molecule has 3 N–H and O–H groups in total. The fourth-order valence-electron chi connectivity index (χ4n) is 2.26. The fourth-order valence-corrected chi connectivity index (χ4v) is 2.26. The maximum atomic E-state index is 12.6. The van der Waals surface area contributed by atoms with E-state index in [1.807, 2.05) is 18.7 Å². The number of nitrogens with two attached hydrogens (primary N) is 1. The Kier molecular flexibility index (Phi) is 9.63. The minimum atomic E-state index is -0.479. The summed E-state index contributed by atoms with van der Waals surface area (Å²) < 4.78 is 0. The molecule has 0 saturated heterocycles. The number of benzene rings is 1. The van der Waals surface area contributed by atoms with E-state index < -0.39 is 5.54 Å². The third-order valence-electron chi connectivity index (χ3n) is 3.61. The molecule has 1 aromatic rings. The molecular formula is C18H30ClN3O2. The highest BCUT2D eigenvalue weighted by Gasteiger charge is 2.20. The zero-order valence-corrected chi connectivity index (χ0v) is 15.9. The molecule has 24 heavy (non-hydrogen) atoms. The van der Waals surface area contributed by atoms with Crippen LogP contribution in [-0.4, -0.2) is 41.9 Å². The van der Waals surface area contributed by atoms with Gasteiger partial charge in [0, 0.05) is 36.3 Å². The molecule has 0 aliphatic heterocycles. The molecular weight excluding hydrogens is 326 g/mol.